The maximum absolute atomic E-state index is 13.0. The molecule has 0 radical (unpaired) electrons. The van der Waals surface area contributed by atoms with Crippen LogP contribution >= 0.6 is 11.8 Å². The molecule has 1 aromatic carbocycles. The van der Waals surface area contributed by atoms with E-state index in [2.05, 4.69) is 9.97 Å². The van der Waals surface area contributed by atoms with Crippen molar-refractivity contribution < 1.29 is 9.59 Å². The Morgan fingerprint density at radius 3 is 2.18 bits per heavy atom. The molecule has 4 rings (SSSR count). The van der Waals surface area contributed by atoms with Crippen LogP contribution in [0.25, 0.3) is 11.0 Å². The van der Waals surface area contributed by atoms with Crippen molar-refractivity contribution in [1.82, 2.24) is 24.0 Å². The number of nitrogens with zero attached hydrogens (tertiary/aromatic N) is 5. The summed E-state index contributed by atoms with van der Waals surface area (Å²) in [5.74, 6) is 0.228. The van der Waals surface area contributed by atoms with Gasteiger partial charge >= 0.3 is 5.69 Å². The van der Waals surface area contributed by atoms with Gasteiger partial charge in [-0.3, -0.25) is 28.4 Å². The summed E-state index contributed by atoms with van der Waals surface area (Å²) >= 11 is 1.28. The molecular formula is C23H25N5O4S. The molecule has 0 saturated heterocycles. The van der Waals surface area contributed by atoms with E-state index in [1.165, 1.54) is 28.3 Å². The summed E-state index contributed by atoms with van der Waals surface area (Å²) in [7, 11) is 1.44. The number of carbonyl (C=O) groups excluding carboxylic acids is 2. The zero-order valence-electron chi connectivity index (χ0n) is 19.0. The van der Waals surface area contributed by atoms with Crippen LogP contribution < -0.4 is 11.2 Å². The van der Waals surface area contributed by atoms with E-state index in [4.69, 9.17) is 0 Å². The lowest BCUT2D eigenvalue weighted by Gasteiger charge is -2.16. The minimum atomic E-state index is -0.458. The molecule has 0 saturated carbocycles. The van der Waals surface area contributed by atoms with E-state index in [0.29, 0.717) is 46.3 Å². The van der Waals surface area contributed by atoms with Gasteiger partial charge in [0.2, 0.25) is 0 Å². The molecule has 0 unspecified atom stereocenters. The highest BCUT2D eigenvalue weighted by Gasteiger charge is 2.34. The van der Waals surface area contributed by atoms with Crippen molar-refractivity contribution in [2.24, 2.45) is 7.05 Å². The SMILES string of the molecule is CCCn1c(=O)n(C)c(=O)c2c(SCCN3C(=O)c4ccccc4C3=O)nc(C(C)C)nc21. The van der Waals surface area contributed by atoms with E-state index < -0.39 is 11.2 Å². The molecular weight excluding hydrogens is 442 g/mol. The Labute approximate surface area is 194 Å². The normalized spacial score (nSPS) is 13.4. The van der Waals surface area contributed by atoms with E-state index in [9.17, 15) is 19.2 Å². The molecule has 2 aromatic heterocycles. The summed E-state index contributed by atoms with van der Waals surface area (Å²) in [4.78, 5) is 61.4. The smallest absolute Gasteiger partial charge is 0.277 e. The largest absolute Gasteiger partial charge is 0.332 e. The number of amides is 2. The number of aryl methyl sites for hydroxylation is 1. The van der Waals surface area contributed by atoms with Crippen LogP contribution in [-0.4, -0.2) is 48.1 Å². The van der Waals surface area contributed by atoms with Crippen molar-refractivity contribution in [3.63, 3.8) is 0 Å². The van der Waals surface area contributed by atoms with E-state index >= 15 is 0 Å². The summed E-state index contributed by atoms with van der Waals surface area (Å²) in [5.41, 5.74) is 0.261. The molecule has 1 aliphatic rings. The van der Waals surface area contributed by atoms with Gasteiger partial charge < -0.3 is 0 Å². The molecule has 1 aliphatic heterocycles. The number of imide groups is 1. The fourth-order valence-corrected chi connectivity index (χ4v) is 4.77. The van der Waals surface area contributed by atoms with Crippen LogP contribution in [0.2, 0.25) is 0 Å². The van der Waals surface area contributed by atoms with Crippen LogP contribution in [0.15, 0.2) is 38.9 Å². The predicted octanol–water partition coefficient (Wildman–Crippen LogP) is 2.41. The van der Waals surface area contributed by atoms with Crippen molar-refractivity contribution in [1.29, 1.82) is 0 Å². The van der Waals surface area contributed by atoms with Gasteiger partial charge in [0, 0.05) is 31.8 Å². The maximum atomic E-state index is 13.0. The number of thioether (sulfide) groups is 1. The quantitative estimate of drug-likeness (QED) is 0.298. The van der Waals surface area contributed by atoms with Gasteiger partial charge in [-0.15, -0.1) is 11.8 Å². The first-order valence-corrected chi connectivity index (χ1v) is 11.8. The van der Waals surface area contributed by atoms with Crippen LogP contribution in [0.5, 0.6) is 0 Å². The highest BCUT2D eigenvalue weighted by molar-refractivity contribution is 7.99. The van der Waals surface area contributed by atoms with Crippen molar-refractivity contribution in [2.75, 3.05) is 12.3 Å². The average Bonchev–Trinajstić information content (AvgIpc) is 3.05. The van der Waals surface area contributed by atoms with Gasteiger partial charge in [0.05, 0.1) is 11.1 Å². The van der Waals surface area contributed by atoms with Crippen molar-refractivity contribution >= 4 is 34.6 Å². The number of benzene rings is 1. The number of rotatable bonds is 7. The maximum Gasteiger partial charge on any atom is 0.332 e. The Morgan fingerprint density at radius 1 is 0.970 bits per heavy atom. The molecule has 33 heavy (non-hydrogen) atoms. The van der Waals surface area contributed by atoms with Gasteiger partial charge in [0.15, 0.2) is 5.65 Å². The molecule has 0 fully saturated rings. The first-order chi connectivity index (χ1) is 15.8. The molecule has 0 N–H and O–H groups in total. The van der Waals surface area contributed by atoms with Gasteiger partial charge in [0.25, 0.3) is 17.4 Å². The molecule has 0 atom stereocenters. The lowest BCUT2D eigenvalue weighted by Crippen LogP contribution is -2.39. The predicted molar refractivity (Wildman–Crippen MR) is 126 cm³/mol. The van der Waals surface area contributed by atoms with E-state index in [-0.39, 0.29) is 29.7 Å². The summed E-state index contributed by atoms with van der Waals surface area (Å²) in [5, 5.41) is 0.730. The molecule has 172 valence electrons. The summed E-state index contributed by atoms with van der Waals surface area (Å²) in [6, 6.07) is 6.75. The van der Waals surface area contributed by atoms with Gasteiger partial charge in [-0.05, 0) is 18.6 Å². The Bertz CT molecular complexity index is 1360. The summed E-state index contributed by atoms with van der Waals surface area (Å²) < 4.78 is 2.59. The highest BCUT2D eigenvalue weighted by Crippen LogP contribution is 2.27. The van der Waals surface area contributed by atoms with Crippen LogP contribution in [0.3, 0.4) is 0 Å². The average molecular weight is 468 g/mol. The molecule has 10 heteroatoms. The van der Waals surface area contributed by atoms with Crippen molar-refractivity contribution in [3.05, 3.63) is 62.1 Å². The third kappa shape index (κ3) is 3.88. The number of aromatic nitrogens is 4. The Hall–Kier alpha value is -3.27. The third-order valence-electron chi connectivity index (χ3n) is 5.56. The number of fused-ring (bicyclic) bond motifs is 2. The van der Waals surface area contributed by atoms with Gasteiger partial charge in [-0.25, -0.2) is 14.8 Å². The van der Waals surface area contributed by atoms with Crippen LogP contribution in [0.4, 0.5) is 0 Å². The van der Waals surface area contributed by atoms with E-state index in [1.54, 1.807) is 24.3 Å². The van der Waals surface area contributed by atoms with Gasteiger partial charge in [-0.1, -0.05) is 32.9 Å². The second-order valence-corrected chi connectivity index (χ2v) is 9.28. The third-order valence-corrected chi connectivity index (χ3v) is 6.52. The molecule has 9 nitrogen and oxygen atoms in total. The molecule has 0 spiro atoms. The number of carbonyl (C=O) groups is 2. The van der Waals surface area contributed by atoms with Gasteiger partial charge in [-0.2, -0.15) is 0 Å². The van der Waals surface area contributed by atoms with Crippen molar-refractivity contribution in [3.8, 4) is 0 Å². The topological polar surface area (TPSA) is 107 Å². The molecule has 0 bridgehead atoms. The summed E-state index contributed by atoms with van der Waals surface area (Å²) in [6.45, 7) is 6.44. The molecule has 3 aromatic rings. The monoisotopic (exact) mass is 467 g/mol. The Balaban J connectivity index is 1.71. The summed E-state index contributed by atoms with van der Waals surface area (Å²) in [6.07, 6.45) is 0.705. The fraction of sp³-hybridized carbons (Fsp3) is 0.391. The van der Waals surface area contributed by atoms with Crippen LogP contribution in [0, 0.1) is 0 Å². The number of hydrogen-bond acceptors (Lipinski definition) is 7. The fourth-order valence-electron chi connectivity index (χ4n) is 3.82. The Morgan fingerprint density at radius 2 is 1.61 bits per heavy atom. The second kappa shape index (κ2) is 8.93. The zero-order valence-corrected chi connectivity index (χ0v) is 19.8. The Kier molecular flexibility index (Phi) is 6.20. The molecule has 3 heterocycles. The van der Waals surface area contributed by atoms with Crippen LogP contribution in [-0.2, 0) is 13.6 Å². The second-order valence-electron chi connectivity index (χ2n) is 8.19. The van der Waals surface area contributed by atoms with E-state index in [1.807, 2.05) is 20.8 Å². The standard InChI is InChI=1S/C23H25N5O4S/c1-5-10-27-18-16(22(31)26(4)23(27)32)19(25-17(24-18)13(2)3)33-12-11-28-20(29)14-8-6-7-9-15(14)21(28)30/h6-9,13H,5,10-12H2,1-4H3. The minimum Gasteiger partial charge on any atom is -0.277 e. The zero-order chi connectivity index (χ0) is 23.9. The van der Waals surface area contributed by atoms with E-state index in [0.717, 1.165) is 4.57 Å². The highest BCUT2D eigenvalue weighted by atomic mass is 32.2. The first kappa shape index (κ1) is 22.9. The lowest BCUT2D eigenvalue weighted by molar-refractivity contribution is 0.0664. The molecule has 0 aliphatic carbocycles. The van der Waals surface area contributed by atoms with Crippen LogP contribution in [0.1, 0.15) is 59.7 Å². The van der Waals surface area contributed by atoms with Gasteiger partial charge in [0.1, 0.15) is 16.2 Å². The minimum absolute atomic E-state index is 0.0146. The van der Waals surface area contributed by atoms with Crippen molar-refractivity contribution in [2.45, 2.75) is 44.7 Å². The number of hydrogen-bond donors (Lipinski definition) is 0. The first-order valence-electron chi connectivity index (χ1n) is 10.9. The molecule has 2 amide bonds. The lowest BCUT2D eigenvalue weighted by atomic mass is 10.1.